The number of hydrogen-bond donors (Lipinski definition) is 1. The van der Waals surface area contributed by atoms with E-state index in [4.69, 9.17) is 0 Å². The second-order valence-electron chi connectivity index (χ2n) is 10.6. The van der Waals surface area contributed by atoms with Crippen LogP contribution < -0.4 is 9.62 Å². The SMILES string of the molecule is CCC(C(=O)NCC(C)C)N(Cc1ccccc1C)C(=O)CN(c1ccc(C)c(C)c1)S(=O)(=O)c1ccccc1. The number of amides is 2. The van der Waals surface area contributed by atoms with E-state index in [-0.39, 0.29) is 23.3 Å². The van der Waals surface area contributed by atoms with E-state index in [2.05, 4.69) is 5.32 Å². The average molecular weight is 564 g/mol. The predicted octanol–water partition coefficient (Wildman–Crippen LogP) is 5.39. The Labute approximate surface area is 239 Å². The van der Waals surface area contributed by atoms with Crippen molar-refractivity contribution < 1.29 is 18.0 Å². The van der Waals surface area contributed by atoms with Crippen LogP contribution in [0.4, 0.5) is 5.69 Å². The molecule has 0 saturated carbocycles. The highest BCUT2D eigenvalue weighted by molar-refractivity contribution is 7.92. The lowest BCUT2D eigenvalue weighted by molar-refractivity contribution is -0.140. The Kier molecular flexibility index (Phi) is 10.5. The third kappa shape index (κ3) is 7.50. The van der Waals surface area contributed by atoms with Gasteiger partial charge in [-0.3, -0.25) is 13.9 Å². The lowest BCUT2D eigenvalue weighted by atomic mass is 10.1. The smallest absolute Gasteiger partial charge is 0.264 e. The molecule has 1 unspecified atom stereocenters. The molecular weight excluding hydrogens is 522 g/mol. The fourth-order valence-electron chi connectivity index (χ4n) is 4.44. The third-order valence-electron chi connectivity index (χ3n) is 7.06. The van der Waals surface area contributed by atoms with E-state index in [1.807, 2.05) is 71.9 Å². The van der Waals surface area contributed by atoms with E-state index in [9.17, 15) is 18.0 Å². The van der Waals surface area contributed by atoms with E-state index in [0.717, 1.165) is 26.6 Å². The summed E-state index contributed by atoms with van der Waals surface area (Å²) in [5.41, 5.74) is 4.21. The highest BCUT2D eigenvalue weighted by Gasteiger charge is 2.34. The summed E-state index contributed by atoms with van der Waals surface area (Å²) >= 11 is 0. The molecule has 2 amide bonds. The van der Waals surface area contributed by atoms with Gasteiger partial charge in [0.1, 0.15) is 12.6 Å². The number of hydrogen-bond acceptors (Lipinski definition) is 4. The van der Waals surface area contributed by atoms with Crippen molar-refractivity contribution >= 4 is 27.5 Å². The number of carbonyl (C=O) groups is 2. The molecule has 3 aromatic rings. The first-order chi connectivity index (χ1) is 18.9. The van der Waals surface area contributed by atoms with Gasteiger partial charge in [-0.15, -0.1) is 0 Å². The first-order valence-corrected chi connectivity index (χ1v) is 15.2. The Morgan fingerprint density at radius 3 is 2.10 bits per heavy atom. The molecule has 0 aliphatic carbocycles. The Bertz CT molecular complexity index is 1420. The Morgan fingerprint density at radius 1 is 0.850 bits per heavy atom. The number of sulfonamides is 1. The summed E-state index contributed by atoms with van der Waals surface area (Å²) < 4.78 is 29.0. The molecule has 0 fully saturated rings. The maximum absolute atomic E-state index is 14.2. The van der Waals surface area contributed by atoms with Crippen molar-refractivity contribution in [3.05, 3.63) is 95.1 Å². The molecule has 3 aromatic carbocycles. The monoisotopic (exact) mass is 563 g/mol. The summed E-state index contributed by atoms with van der Waals surface area (Å²) in [5.74, 6) is -0.451. The van der Waals surface area contributed by atoms with E-state index in [0.29, 0.717) is 18.7 Å². The van der Waals surface area contributed by atoms with Crippen LogP contribution >= 0.6 is 0 Å². The van der Waals surface area contributed by atoms with Crippen LogP contribution in [0, 0.1) is 26.7 Å². The van der Waals surface area contributed by atoms with E-state index >= 15 is 0 Å². The van der Waals surface area contributed by atoms with Crippen LogP contribution in [0.5, 0.6) is 0 Å². The van der Waals surface area contributed by atoms with Crippen molar-refractivity contribution in [3.8, 4) is 0 Å². The molecule has 40 heavy (non-hydrogen) atoms. The summed E-state index contributed by atoms with van der Waals surface area (Å²) in [7, 11) is -4.08. The van der Waals surface area contributed by atoms with E-state index in [1.165, 1.54) is 17.0 Å². The van der Waals surface area contributed by atoms with Gasteiger partial charge in [-0.25, -0.2) is 8.42 Å². The number of benzene rings is 3. The van der Waals surface area contributed by atoms with Gasteiger partial charge in [-0.05, 0) is 79.6 Å². The zero-order chi connectivity index (χ0) is 29.4. The van der Waals surface area contributed by atoms with Crippen LogP contribution in [-0.2, 0) is 26.2 Å². The van der Waals surface area contributed by atoms with E-state index < -0.39 is 28.5 Å². The molecule has 0 aromatic heterocycles. The maximum Gasteiger partial charge on any atom is 0.264 e. The highest BCUT2D eigenvalue weighted by atomic mass is 32.2. The minimum absolute atomic E-state index is 0.0909. The van der Waals surface area contributed by atoms with Crippen LogP contribution in [0.25, 0.3) is 0 Å². The van der Waals surface area contributed by atoms with Crippen molar-refractivity contribution in [2.45, 2.75) is 65.4 Å². The summed E-state index contributed by atoms with van der Waals surface area (Å²) in [6.07, 6.45) is 0.386. The standard InChI is InChI=1S/C32H41N3O4S/c1-7-30(32(37)33-20-23(2)3)34(21-27-14-12-11-13-25(27)5)31(36)22-35(28-18-17-24(4)26(6)19-28)40(38,39)29-15-9-8-10-16-29/h8-19,23,30H,7,20-22H2,1-6H3,(H,33,37). The number of aryl methyl sites for hydroxylation is 3. The summed E-state index contributed by atoms with van der Waals surface area (Å²) in [4.78, 5) is 29.1. The topological polar surface area (TPSA) is 86.8 Å². The first-order valence-electron chi connectivity index (χ1n) is 13.7. The van der Waals surface area contributed by atoms with Gasteiger partial charge >= 0.3 is 0 Å². The number of rotatable bonds is 12. The minimum atomic E-state index is -4.08. The zero-order valence-electron chi connectivity index (χ0n) is 24.3. The van der Waals surface area contributed by atoms with Gasteiger partial charge in [0.15, 0.2) is 0 Å². The van der Waals surface area contributed by atoms with Crippen LogP contribution in [0.1, 0.15) is 49.4 Å². The molecule has 214 valence electrons. The Hall–Kier alpha value is -3.65. The molecule has 0 bridgehead atoms. The van der Waals surface area contributed by atoms with Gasteiger partial charge in [-0.2, -0.15) is 0 Å². The molecule has 3 rings (SSSR count). The molecule has 0 saturated heterocycles. The maximum atomic E-state index is 14.2. The number of anilines is 1. The van der Waals surface area contributed by atoms with Crippen LogP contribution in [0.2, 0.25) is 0 Å². The van der Waals surface area contributed by atoms with Crippen molar-refractivity contribution in [2.75, 3.05) is 17.4 Å². The normalized spacial score (nSPS) is 12.2. The predicted molar refractivity (Wildman–Crippen MR) is 161 cm³/mol. The second kappa shape index (κ2) is 13.6. The molecule has 1 N–H and O–H groups in total. The third-order valence-corrected chi connectivity index (χ3v) is 8.85. The molecule has 0 aliphatic heterocycles. The van der Waals surface area contributed by atoms with Gasteiger partial charge in [0.2, 0.25) is 11.8 Å². The average Bonchev–Trinajstić information content (AvgIpc) is 2.93. The van der Waals surface area contributed by atoms with Gasteiger partial charge in [0.05, 0.1) is 10.6 Å². The minimum Gasteiger partial charge on any atom is -0.354 e. The van der Waals surface area contributed by atoms with Crippen LogP contribution in [-0.4, -0.2) is 44.3 Å². The lowest BCUT2D eigenvalue weighted by Crippen LogP contribution is -2.52. The fraction of sp³-hybridized carbons (Fsp3) is 0.375. The van der Waals surface area contributed by atoms with Crippen molar-refractivity contribution in [3.63, 3.8) is 0 Å². The van der Waals surface area contributed by atoms with Gasteiger partial charge in [-0.1, -0.05) is 69.3 Å². The molecule has 8 heteroatoms. The molecule has 0 radical (unpaired) electrons. The second-order valence-corrected chi connectivity index (χ2v) is 12.5. The number of carbonyl (C=O) groups excluding carboxylic acids is 2. The quantitative estimate of drug-likeness (QED) is 0.320. The number of nitrogens with one attached hydrogen (secondary N) is 1. The van der Waals surface area contributed by atoms with Gasteiger partial charge < -0.3 is 10.2 Å². The van der Waals surface area contributed by atoms with Crippen LogP contribution in [0.15, 0.2) is 77.7 Å². The largest absolute Gasteiger partial charge is 0.354 e. The number of nitrogens with zero attached hydrogens (tertiary/aromatic N) is 2. The van der Waals surface area contributed by atoms with Crippen LogP contribution in [0.3, 0.4) is 0 Å². The molecule has 1 atom stereocenters. The molecule has 0 heterocycles. The zero-order valence-corrected chi connectivity index (χ0v) is 25.2. The lowest BCUT2D eigenvalue weighted by Gasteiger charge is -2.33. The summed E-state index contributed by atoms with van der Waals surface area (Å²) in [6.45, 7) is 11.9. The molecule has 0 aliphatic rings. The van der Waals surface area contributed by atoms with Crippen molar-refractivity contribution in [2.24, 2.45) is 5.92 Å². The van der Waals surface area contributed by atoms with Crippen molar-refractivity contribution in [1.29, 1.82) is 0 Å². The Morgan fingerprint density at radius 2 is 1.50 bits per heavy atom. The fourth-order valence-corrected chi connectivity index (χ4v) is 5.87. The summed E-state index contributed by atoms with van der Waals surface area (Å²) in [5, 5.41) is 2.96. The van der Waals surface area contributed by atoms with Gasteiger partial charge in [0, 0.05) is 13.1 Å². The molecule has 0 spiro atoms. The summed E-state index contributed by atoms with van der Waals surface area (Å²) in [6, 6.07) is 20.4. The van der Waals surface area contributed by atoms with Crippen molar-refractivity contribution in [1.82, 2.24) is 10.2 Å². The highest BCUT2D eigenvalue weighted by Crippen LogP contribution is 2.27. The Balaban J connectivity index is 2.07. The van der Waals surface area contributed by atoms with E-state index in [1.54, 1.807) is 30.3 Å². The molecule has 7 nitrogen and oxygen atoms in total. The van der Waals surface area contributed by atoms with Gasteiger partial charge in [0.25, 0.3) is 10.0 Å². The molecular formula is C32H41N3O4S. The first kappa shape index (κ1) is 30.9.